The Bertz CT molecular complexity index is 613. The molecule has 0 aliphatic rings. The number of benzene rings is 2. The van der Waals surface area contributed by atoms with Crippen molar-refractivity contribution >= 4 is 23.2 Å². The fourth-order valence-electron chi connectivity index (χ4n) is 2.30. The molecule has 21 heavy (non-hydrogen) atoms. The van der Waals surface area contributed by atoms with Gasteiger partial charge in [-0.1, -0.05) is 55.3 Å². The second kappa shape index (κ2) is 7.14. The van der Waals surface area contributed by atoms with Crippen molar-refractivity contribution in [3.8, 4) is 0 Å². The summed E-state index contributed by atoms with van der Waals surface area (Å²) in [7, 11) is 0. The summed E-state index contributed by atoms with van der Waals surface area (Å²) in [5.74, 6) is -0.518. The zero-order valence-corrected chi connectivity index (χ0v) is 12.7. The molecule has 1 amide bonds. The predicted octanol–water partition coefficient (Wildman–Crippen LogP) is 4.39. The molecule has 0 bridgehead atoms. The summed E-state index contributed by atoms with van der Waals surface area (Å²) >= 11 is 5.98. The van der Waals surface area contributed by atoms with E-state index in [4.69, 9.17) is 17.3 Å². The van der Waals surface area contributed by atoms with Gasteiger partial charge in [-0.15, -0.1) is 0 Å². The number of primary amides is 1. The first-order chi connectivity index (χ1) is 10.1. The lowest BCUT2D eigenvalue weighted by atomic mass is 10.0. The maximum atomic E-state index is 11.4. The Balaban J connectivity index is 2.25. The number of nitrogens with two attached hydrogens (primary N) is 1. The van der Waals surface area contributed by atoms with Crippen LogP contribution < -0.4 is 11.1 Å². The molecule has 1 atom stereocenters. The summed E-state index contributed by atoms with van der Waals surface area (Å²) in [6.45, 7) is 2.15. The van der Waals surface area contributed by atoms with E-state index in [0.717, 1.165) is 18.5 Å². The van der Waals surface area contributed by atoms with Crippen LogP contribution in [0.25, 0.3) is 0 Å². The van der Waals surface area contributed by atoms with Gasteiger partial charge in [-0.3, -0.25) is 4.79 Å². The van der Waals surface area contributed by atoms with Crippen LogP contribution in [-0.2, 0) is 0 Å². The molecule has 3 N–H and O–H groups in total. The molecule has 1 unspecified atom stereocenters. The van der Waals surface area contributed by atoms with E-state index in [1.165, 1.54) is 5.56 Å². The second-order valence-electron chi connectivity index (χ2n) is 4.96. The van der Waals surface area contributed by atoms with Crippen molar-refractivity contribution in [2.24, 2.45) is 5.73 Å². The number of nitrogens with one attached hydrogen (secondary N) is 1. The van der Waals surface area contributed by atoms with Crippen molar-refractivity contribution in [2.45, 2.75) is 25.8 Å². The number of anilines is 1. The van der Waals surface area contributed by atoms with E-state index in [1.807, 2.05) is 24.3 Å². The monoisotopic (exact) mass is 302 g/mol. The molecule has 110 valence electrons. The fraction of sp³-hybridized carbons (Fsp3) is 0.235. The summed E-state index contributed by atoms with van der Waals surface area (Å²) in [5, 5.41) is 3.83. The van der Waals surface area contributed by atoms with Gasteiger partial charge in [0.25, 0.3) is 0 Å². The molecular formula is C17H19ClN2O. The molecule has 0 aromatic heterocycles. The van der Waals surface area contributed by atoms with E-state index >= 15 is 0 Å². The predicted molar refractivity (Wildman–Crippen MR) is 87.7 cm³/mol. The molecule has 0 radical (unpaired) electrons. The SMILES string of the molecule is CCCC(Nc1ccc(Cl)c(C(N)=O)c1)c1ccccc1. The third kappa shape index (κ3) is 3.99. The molecule has 2 aromatic rings. The van der Waals surface area contributed by atoms with Gasteiger partial charge in [-0.25, -0.2) is 0 Å². The van der Waals surface area contributed by atoms with E-state index in [9.17, 15) is 4.79 Å². The quantitative estimate of drug-likeness (QED) is 0.831. The normalized spacial score (nSPS) is 11.9. The molecular weight excluding hydrogens is 284 g/mol. The summed E-state index contributed by atoms with van der Waals surface area (Å²) in [6.07, 6.45) is 2.06. The Morgan fingerprint density at radius 2 is 1.95 bits per heavy atom. The van der Waals surface area contributed by atoms with Crippen LogP contribution in [0.1, 0.15) is 41.7 Å². The van der Waals surface area contributed by atoms with Crippen molar-refractivity contribution in [3.05, 3.63) is 64.7 Å². The third-order valence-corrected chi connectivity index (χ3v) is 3.68. The molecule has 2 rings (SSSR count). The number of amides is 1. The summed E-state index contributed by atoms with van der Waals surface area (Å²) in [5.41, 5.74) is 7.73. The van der Waals surface area contributed by atoms with Gasteiger partial charge in [0.05, 0.1) is 16.6 Å². The van der Waals surface area contributed by atoms with Crippen LogP contribution in [0.2, 0.25) is 5.02 Å². The average Bonchev–Trinajstić information content (AvgIpc) is 2.49. The third-order valence-electron chi connectivity index (χ3n) is 3.35. The number of halogens is 1. The number of carbonyl (C=O) groups is 1. The molecule has 2 aromatic carbocycles. The summed E-state index contributed by atoms with van der Waals surface area (Å²) in [6, 6.07) is 15.7. The van der Waals surface area contributed by atoms with Crippen LogP contribution >= 0.6 is 11.6 Å². The maximum Gasteiger partial charge on any atom is 0.250 e. The zero-order valence-electron chi connectivity index (χ0n) is 12.0. The first kappa shape index (κ1) is 15.4. The molecule has 0 saturated heterocycles. The number of hydrogen-bond acceptors (Lipinski definition) is 2. The highest BCUT2D eigenvalue weighted by molar-refractivity contribution is 6.33. The summed E-state index contributed by atoms with van der Waals surface area (Å²) < 4.78 is 0. The van der Waals surface area contributed by atoms with E-state index in [2.05, 4.69) is 24.4 Å². The lowest BCUT2D eigenvalue weighted by molar-refractivity contribution is 0.100. The molecule has 0 aliphatic heterocycles. The summed E-state index contributed by atoms with van der Waals surface area (Å²) in [4.78, 5) is 11.4. The van der Waals surface area contributed by atoms with Gasteiger partial charge in [-0.2, -0.15) is 0 Å². The minimum Gasteiger partial charge on any atom is -0.378 e. The van der Waals surface area contributed by atoms with Crippen LogP contribution in [0.5, 0.6) is 0 Å². The molecule has 4 heteroatoms. The fourth-order valence-corrected chi connectivity index (χ4v) is 2.51. The molecule has 0 heterocycles. The second-order valence-corrected chi connectivity index (χ2v) is 5.36. The van der Waals surface area contributed by atoms with Crippen LogP contribution in [0, 0.1) is 0 Å². The number of hydrogen-bond donors (Lipinski definition) is 2. The van der Waals surface area contributed by atoms with Crippen molar-refractivity contribution in [1.82, 2.24) is 0 Å². The Morgan fingerprint density at radius 1 is 1.24 bits per heavy atom. The van der Waals surface area contributed by atoms with Gasteiger partial charge in [0.2, 0.25) is 5.91 Å². The Hall–Kier alpha value is -2.00. The van der Waals surface area contributed by atoms with Gasteiger partial charge < -0.3 is 11.1 Å². The van der Waals surface area contributed by atoms with Crippen LogP contribution in [0.3, 0.4) is 0 Å². The minimum absolute atomic E-state index is 0.193. The molecule has 0 aliphatic carbocycles. The van der Waals surface area contributed by atoms with E-state index in [1.54, 1.807) is 12.1 Å². The van der Waals surface area contributed by atoms with Crippen LogP contribution in [0.15, 0.2) is 48.5 Å². The Morgan fingerprint density at radius 3 is 2.57 bits per heavy atom. The lowest BCUT2D eigenvalue weighted by Crippen LogP contribution is -2.14. The van der Waals surface area contributed by atoms with Crippen molar-refractivity contribution in [2.75, 3.05) is 5.32 Å². The lowest BCUT2D eigenvalue weighted by Gasteiger charge is -2.20. The van der Waals surface area contributed by atoms with E-state index < -0.39 is 5.91 Å². The van der Waals surface area contributed by atoms with Crippen molar-refractivity contribution in [1.29, 1.82) is 0 Å². The van der Waals surface area contributed by atoms with E-state index in [0.29, 0.717) is 10.6 Å². The Labute approximate surface area is 130 Å². The Kier molecular flexibility index (Phi) is 5.23. The van der Waals surface area contributed by atoms with Gasteiger partial charge in [0.15, 0.2) is 0 Å². The van der Waals surface area contributed by atoms with Crippen molar-refractivity contribution < 1.29 is 4.79 Å². The van der Waals surface area contributed by atoms with Crippen LogP contribution in [-0.4, -0.2) is 5.91 Å². The average molecular weight is 303 g/mol. The minimum atomic E-state index is -0.518. The van der Waals surface area contributed by atoms with Gasteiger partial charge >= 0.3 is 0 Å². The smallest absolute Gasteiger partial charge is 0.250 e. The molecule has 0 saturated carbocycles. The molecule has 3 nitrogen and oxygen atoms in total. The van der Waals surface area contributed by atoms with Gasteiger partial charge in [0.1, 0.15) is 0 Å². The largest absolute Gasteiger partial charge is 0.378 e. The number of rotatable bonds is 6. The van der Waals surface area contributed by atoms with Crippen molar-refractivity contribution in [3.63, 3.8) is 0 Å². The highest BCUT2D eigenvalue weighted by Crippen LogP contribution is 2.26. The van der Waals surface area contributed by atoms with E-state index in [-0.39, 0.29) is 6.04 Å². The number of carbonyl (C=O) groups excluding carboxylic acids is 1. The first-order valence-electron chi connectivity index (χ1n) is 7.02. The maximum absolute atomic E-state index is 11.4. The molecule has 0 fully saturated rings. The zero-order chi connectivity index (χ0) is 15.2. The topological polar surface area (TPSA) is 55.1 Å². The van der Waals surface area contributed by atoms with Gasteiger partial charge in [0, 0.05) is 5.69 Å². The standard InChI is InChI=1S/C17H19ClN2O/c1-2-6-16(12-7-4-3-5-8-12)20-13-9-10-15(18)14(11-13)17(19)21/h3-5,7-11,16,20H,2,6H2,1H3,(H2,19,21). The first-order valence-corrected chi connectivity index (χ1v) is 7.40. The highest BCUT2D eigenvalue weighted by atomic mass is 35.5. The molecule has 0 spiro atoms. The van der Waals surface area contributed by atoms with Gasteiger partial charge in [-0.05, 0) is 30.2 Å². The highest BCUT2D eigenvalue weighted by Gasteiger charge is 2.12. The van der Waals surface area contributed by atoms with Crippen LogP contribution in [0.4, 0.5) is 5.69 Å².